The van der Waals surface area contributed by atoms with Crippen LogP contribution in [0.1, 0.15) is 23.6 Å². The van der Waals surface area contributed by atoms with Gasteiger partial charge in [-0.25, -0.2) is 4.79 Å². The number of fused-ring (bicyclic) bond motifs is 1. The van der Waals surface area contributed by atoms with Crippen molar-refractivity contribution in [3.8, 4) is 0 Å². The lowest BCUT2D eigenvalue weighted by Gasteiger charge is -2.23. The molecule has 0 amide bonds. The Kier molecular flexibility index (Phi) is 3.15. The van der Waals surface area contributed by atoms with Crippen LogP contribution in [0.3, 0.4) is 0 Å². The maximum absolute atomic E-state index is 12.2. The second-order valence-corrected chi connectivity index (χ2v) is 5.43. The summed E-state index contributed by atoms with van der Waals surface area (Å²) in [4.78, 5) is 12.2. The van der Waals surface area contributed by atoms with Gasteiger partial charge in [0.25, 0.3) is 0 Å². The average Bonchev–Trinajstić information content (AvgIpc) is 2.48. The number of benzene rings is 2. The summed E-state index contributed by atoms with van der Waals surface area (Å²) in [5, 5.41) is 11.6. The molecule has 0 aliphatic rings. The summed E-state index contributed by atoms with van der Waals surface area (Å²) < 4.78 is 5.34. The average molecular weight is 280 g/mol. The van der Waals surface area contributed by atoms with Gasteiger partial charge >= 0.3 is 5.63 Å². The van der Waals surface area contributed by atoms with E-state index in [2.05, 4.69) is 0 Å². The minimum Gasteiger partial charge on any atom is -0.422 e. The zero-order chi connectivity index (χ0) is 15.0. The van der Waals surface area contributed by atoms with E-state index in [9.17, 15) is 9.90 Å². The monoisotopic (exact) mass is 280 g/mol. The molecule has 1 N–H and O–H groups in total. The van der Waals surface area contributed by atoms with E-state index in [1.807, 2.05) is 37.3 Å². The molecule has 0 aliphatic carbocycles. The first-order valence-electron chi connectivity index (χ1n) is 6.81. The second-order valence-electron chi connectivity index (χ2n) is 5.43. The Morgan fingerprint density at radius 1 is 1.05 bits per heavy atom. The van der Waals surface area contributed by atoms with Crippen LogP contribution in [0.4, 0.5) is 0 Å². The van der Waals surface area contributed by atoms with Gasteiger partial charge in [0, 0.05) is 5.39 Å². The number of hydrogen-bond acceptors (Lipinski definition) is 3. The SMILES string of the molecule is Cc1ccc2oc(=O)c(C(C)(O)c3ccccc3)cc2c1. The molecule has 0 saturated carbocycles. The van der Waals surface area contributed by atoms with Crippen LogP contribution in [-0.2, 0) is 5.60 Å². The fourth-order valence-corrected chi connectivity index (χ4v) is 2.50. The van der Waals surface area contributed by atoms with E-state index >= 15 is 0 Å². The van der Waals surface area contributed by atoms with Gasteiger partial charge in [0.15, 0.2) is 0 Å². The van der Waals surface area contributed by atoms with Crippen molar-refractivity contribution in [2.24, 2.45) is 0 Å². The van der Waals surface area contributed by atoms with Crippen LogP contribution in [0.15, 0.2) is 63.8 Å². The van der Waals surface area contributed by atoms with Crippen molar-refractivity contribution < 1.29 is 9.52 Å². The third kappa shape index (κ3) is 2.36. The van der Waals surface area contributed by atoms with Gasteiger partial charge < -0.3 is 9.52 Å². The van der Waals surface area contributed by atoms with Crippen LogP contribution >= 0.6 is 0 Å². The highest BCUT2D eigenvalue weighted by molar-refractivity contribution is 5.78. The zero-order valence-electron chi connectivity index (χ0n) is 12.0. The first-order chi connectivity index (χ1) is 9.98. The maximum Gasteiger partial charge on any atom is 0.342 e. The van der Waals surface area contributed by atoms with Crippen molar-refractivity contribution in [2.75, 3.05) is 0 Å². The number of hydrogen-bond donors (Lipinski definition) is 1. The Morgan fingerprint density at radius 3 is 2.48 bits per heavy atom. The molecular weight excluding hydrogens is 264 g/mol. The Labute approximate surface area is 122 Å². The van der Waals surface area contributed by atoms with E-state index in [0.717, 1.165) is 10.9 Å². The van der Waals surface area contributed by atoms with Crippen LogP contribution in [0.2, 0.25) is 0 Å². The lowest BCUT2D eigenvalue weighted by Crippen LogP contribution is -2.29. The number of aliphatic hydroxyl groups is 1. The van der Waals surface area contributed by atoms with Crippen molar-refractivity contribution in [3.05, 3.63) is 81.7 Å². The van der Waals surface area contributed by atoms with Gasteiger partial charge in [-0.2, -0.15) is 0 Å². The van der Waals surface area contributed by atoms with E-state index in [1.165, 1.54) is 0 Å². The van der Waals surface area contributed by atoms with E-state index in [0.29, 0.717) is 11.1 Å². The highest BCUT2D eigenvalue weighted by Crippen LogP contribution is 2.28. The second kappa shape index (κ2) is 4.86. The molecule has 1 atom stereocenters. The van der Waals surface area contributed by atoms with Gasteiger partial charge in [-0.05, 0) is 37.6 Å². The number of rotatable bonds is 2. The normalized spacial score (nSPS) is 14.0. The van der Waals surface area contributed by atoms with E-state index in [1.54, 1.807) is 31.2 Å². The quantitative estimate of drug-likeness (QED) is 0.732. The molecule has 3 aromatic rings. The Balaban J connectivity index is 2.24. The molecule has 106 valence electrons. The van der Waals surface area contributed by atoms with E-state index in [-0.39, 0.29) is 5.56 Å². The van der Waals surface area contributed by atoms with Gasteiger partial charge in [0.1, 0.15) is 11.2 Å². The first kappa shape index (κ1) is 13.6. The molecule has 21 heavy (non-hydrogen) atoms. The minimum absolute atomic E-state index is 0.242. The van der Waals surface area contributed by atoms with Crippen LogP contribution in [0.5, 0.6) is 0 Å². The van der Waals surface area contributed by atoms with Crippen LogP contribution in [0, 0.1) is 6.92 Å². The first-order valence-corrected chi connectivity index (χ1v) is 6.81. The molecule has 0 saturated heterocycles. The molecule has 1 unspecified atom stereocenters. The van der Waals surface area contributed by atoms with Crippen molar-refractivity contribution in [1.29, 1.82) is 0 Å². The predicted molar refractivity (Wildman–Crippen MR) is 82.3 cm³/mol. The van der Waals surface area contributed by atoms with Crippen LogP contribution < -0.4 is 5.63 Å². The Morgan fingerprint density at radius 2 is 1.76 bits per heavy atom. The molecule has 1 heterocycles. The summed E-state index contributed by atoms with van der Waals surface area (Å²) in [5.41, 5.74) is 0.593. The predicted octanol–water partition coefficient (Wildman–Crippen LogP) is 3.36. The van der Waals surface area contributed by atoms with E-state index < -0.39 is 11.2 Å². The summed E-state index contributed by atoms with van der Waals surface area (Å²) in [7, 11) is 0. The molecule has 2 aromatic carbocycles. The fourth-order valence-electron chi connectivity index (χ4n) is 2.50. The molecule has 0 spiro atoms. The van der Waals surface area contributed by atoms with Gasteiger partial charge in [0.2, 0.25) is 0 Å². The standard InChI is InChI=1S/C18H16O3/c1-12-8-9-16-13(10-12)11-15(17(19)21-16)18(2,20)14-6-4-3-5-7-14/h3-11,20H,1-2H3. The van der Waals surface area contributed by atoms with Crippen LogP contribution in [0.25, 0.3) is 11.0 Å². The Hall–Kier alpha value is -2.39. The summed E-state index contributed by atoms with van der Waals surface area (Å²) >= 11 is 0. The molecule has 0 aliphatic heterocycles. The molecule has 0 bridgehead atoms. The summed E-state index contributed by atoms with van der Waals surface area (Å²) in [6, 6.07) is 16.4. The molecule has 3 nitrogen and oxygen atoms in total. The van der Waals surface area contributed by atoms with Gasteiger partial charge in [-0.15, -0.1) is 0 Å². The highest BCUT2D eigenvalue weighted by atomic mass is 16.4. The fraction of sp³-hybridized carbons (Fsp3) is 0.167. The largest absolute Gasteiger partial charge is 0.422 e. The highest BCUT2D eigenvalue weighted by Gasteiger charge is 2.29. The van der Waals surface area contributed by atoms with Crippen molar-refractivity contribution in [1.82, 2.24) is 0 Å². The van der Waals surface area contributed by atoms with Gasteiger partial charge in [-0.1, -0.05) is 42.0 Å². The minimum atomic E-state index is -1.39. The third-order valence-electron chi connectivity index (χ3n) is 3.75. The molecule has 0 radical (unpaired) electrons. The summed E-state index contributed by atoms with van der Waals surface area (Å²) in [5.74, 6) is 0. The molecule has 0 fully saturated rings. The van der Waals surface area contributed by atoms with Crippen molar-refractivity contribution >= 4 is 11.0 Å². The topological polar surface area (TPSA) is 50.4 Å². The zero-order valence-corrected chi connectivity index (χ0v) is 12.0. The van der Waals surface area contributed by atoms with Crippen LogP contribution in [-0.4, -0.2) is 5.11 Å². The molecular formula is C18H16O3. The summed E-state index contributed by atoms with van der Waals surface area (Å²) in [6.45, 7) is 3.58. The molecule has 3 heteroatoms. The number of aryl methyl sites for hydroxylation is 1. The molecule has 1 aromatic heterocycles. The maximum atomic E-state index is 12.2. The summed E-state index contributed by atoms with van der Waals surface area (Å²) in [6.07, 6.45) is 0. The van der Waals surface area contributed by atoms with E-state index in [4.69, 9.17) is 4.42 Å². The van der Waals surface area contributed by atoms with Gasteiger partial charge in [-0.3, -0.25) is 0 Å². The smallest absolute Gasteiger partial charge is 0.342 e. The third-order valence-corrected chi connectivity index (χ3v) is 3.75. The lowest BCUT2D eigenvalue weighted by molar-refractivity contribution is 0.0985. The molecule has 3 rings (SSSR count). The lowest BCUT2D eigenvalue weighted by atomic mass is 9.89. The van der Waals surface area contributed by atoms with Gasteiger partial charge in [0.05, 0.1) is 5.56 Å². The van der Waals surface area contributed by atoms with Crippen molar-refractivity contribution in [3.63, 3.8) is 0 Å². The Bertz CT molecular complexity index is 845. The van der Waals surface area contributed by atoms with Crippen molar-refractivity contribution in [2.45, 2.75) is 19.4 Å².